The van der Waals surface area contributed by atoms with Crippen LogP contribution in [0.25, 0.3) is 0 Å². The van der Waals surface area contributed by atoms with E-state index >= 15 is 0 Å². The summed E-state index contributed by atoms with van der Waals surface area (Å²) >= 11 is 6.25. The molecule has 1 aliphatic carbocycles. The maximum atomic E-state index is 6.25. The predicted molar refractivity (Wildman–Crippen MR) is 66.7 cm³/mol. The number of hydrogen-bond donors (Lipinski definition) is 0. The van der Waals surface area contributed by atoms with Crippen LogP contribution in [-0.4, -0.2) is 0 Å². The standard InChI is InChI=1S/C14H19Cl/c1-14(2,3)11-7-8-13(15)12(9-11)10-5-4-6-10/h7-10H,4-6H2,1-3H3. The fraction of sp³-hybridized carbons (Fsp3) is 0.571. The Labute approximate surface area is 97.6 Å². The second-order valence-electron chi connectivity index (χ2n) is 5.61. The molecule has 2 rings (SSSR count). The molecule has 0 spiro atoms. The van der Waals surface area contributed by atoms with Crippen LogP contribution in [0.3, 0.4) is 0 Å². The van der Waals surface area contributed by atoms with Gasteiger partial charge in [0.1, 0.15) is 0 Å². The molecular weight excluding hydrogens is 204 g/mol. The van der Waals surface area contributed by atoms with E-state index in [1.165, 1.54) is 30.4 Å². The van der Waals surface area contributed by atoms with Crippen LogP contribution >= 0.6 is 11.6 Å². The second kappa shape index (κ2) is 3.83. The maximum Gasteiger partial charge on any atom is 0.0441 e. The van der Waals surface area contributed by atoms with Gasteiger partial charge < -0.3 is 0 Å². The van der Waals surface area contributed by atoms with Crippen molar-refractivity contribution in [2.24, 2.45) is 0 Å². The molecule has 0 radical (unpaired) electrons. The molecule has 0 amide bonds. The number of halogens is 1. The summed E-state index contributed by atoms with van der Waals surface area (Å²) < 4.78 is 0. The molecule has 0 aliphatic heterocycles. The number of hydrogen-bond acceptors (Lipinski definition) is 0. The molecular formula is C14H19Cl. The smallest absolute Gasteiger partial charge is 0.0441 e. The van der Waals surface area contributed by atoms with Crippen molar-refractivity contribution < 1.29 is 0 Å². The van der Waals surface area contributed by atoms with Gasteiger partial charge in [0.25, 0.3) is 0 Å². The van der Waals surface area contributed by atoms with Crippen LogP contribution in [0.15, 0.2) is 18.2 Å². The van der Waals surface area contributed by atoms with Crippen LogP contribution in [-0.2, 0) is 5.41 Å². The van der Waals surface area contributed by atoms with Gasteiger partial charge in [0.05, 0.1) is 0 Å². The zero-order valence-corrected chi connectivity index (χ0v) is 10.6. The predicted octanol–water partition coefficient (Wildman–Crippen LogP) is 4.91. The van der Waals surface area contributed by atoms with E-state index in [0.29, 0.717) is 0 Å². The topological polar surface area (TPSA) is 0 Å². The van der Waals surface area contributed by atoms with Crippen molar-refractivity contribution >= 4 is 11.6 Å². The lowest BCUT2D eigenvalue weighted by Gasteiger charge is -2.29. The molecule has 0 atom stereocenters. The molecule has 1 fully saturated rings. The lowest BCUT2D eigenvalue weighted by molar-refractivity contribution is 0.419. The summed E-state index contributed by atoms with van der Waals surface area (Å²) in [5.74, 6) is 0.722. The first-order valence-electron chi connectivity index (χ1n) is 5.78. The lowest BCUT2D eigenvalue weighted by atomic mass is 9.77. The SMILES string of the molecule is CC(C)(C)c1ccc(Cl)c(C2CCC2)c1. The molecule has 0 unspecified atom stereocenters. The molecule has 0 nitrogen and oxygen atoms in total. The molecule has 1 aromatic carbocycles. The molecule has 15 heavy (non-hydrogen) atoms. The third kappa shape index (κ3) is 2.20. The Balaban J connectivity index is 2.36. The first-order valence-corrected chi connectivity index (χ1v) is 6.16. The third-order valence-electron chi connectivity index (χ3n) is 3.41. The van der Waals surface area contributed by atoms with Gasteiger partial charge in [0.2, 0.25) is 0 Å². The van der Waals surface area contributed by atoms with E-state index < -0.39 is 0 Å². The average molecular weight is 223 g/mol. The number of rotatable bonds is 1. The van der Waals surface area contributed by atoms with Crippen molar-refractivity contribution in [2.45, 2.75) is 51.4 Å². The Bertz CT molecular complexity index is 356. The molecule has 1 heteroatoms. The van der Waals surface area contributed by atoms with Crippen molar-refractivity contribution in [2.75, 3.05) is 0 Å². The summed E-state index contributed by atoms with van der Waals surface area (Å²) in [7, 11) is 0. The van der Waals surface area contributed by atoms with Crippen molar-refractivity contribution in [3.63, 3.8) is 0 Å². The van der Waals surface area contributed by atoms with Gasteiger partial charge >= 0.3 is 0 Å². The van der Waals surface area contributed by atoms with Crippen LogP contribution in [0.5, 0.6) is 0 Å². The van der Waals surface area contributed by atoms with E-state index in [1.54, 1.807) is 0 Å². The quantitative estimate of drug-likeness (QED) is 0.634. The van der Waals surface area contributed by atoms with E-state index in [2.05, 4.69) is 39.0 Å². The summed E-state index contributed by atoms with van der Waals surface area (Å²) in [6.07, 6.45) is 3.99. The Hall–Kier alpha value is -0.490. The molecule has 1 aromatic rings. The fourth-order valence-electron chi connectivity index (χ4n) is 2.04. The minimum absolute atomic E-state index is 0.225. The van der Waals surface area contributed by atoms with Crippen molar-refractivity contribution in [3.05, 3.63) is 34.3 Å². The molecule has 1 aliphatic rings. The third-order valence-corrected chi connectivity index (χ3v) is 3.75. The zero-order valence-electron chi connectivity index (χ0n) is 9.81. The van der Waals surface area contributed by atoms with Gasteiger partial charge in [-0.2, -0.15) is 0 Å². The Morgan fingerprint density at radius 3 is 2.33 bits per heavy atom. The highest BCUT2D eigenvalue weighted by molar-refractivity contribution is 6.31. The van der Waals surface area contributed by atoms with Crippen LogP contribution in [0.4, 0.5) is 0 Å². The van der Waals surface area contributed by atoms with E-state index in [9.17, 15) is 0 Å². The van der Waals surface area contributed by atoms with Gasteiger partial charge in [-0.15, -0.1) is 0 Å². The van der Waals surface area contributed by atoms with Crippen molar-refractivity contribution in [3.8, 4) is 0 Å². The van der Waals surface area contributed by atoms with Gasteiger partial charge in [-0.3, -0.25) is 0 Å². The van der Waals surface area contributed by atoms with Gasteiger partial charge in [-0.1, -0.05) is 50.9 Å². The van der Waals surface area contributed by atoms with Gasteiger partial charge in [-0.25, -0.2) is 0 Å². The van der Waals surface area contributed by atoms with Crippen molar-refractivity contribution in [1.29, 1.82) is 0 Å². The molecule has 0 aromatic heterocycles. The van der Waals surface area contributed by atoms with Gasteiger partial charge in [-0.05, 0) is 41.4 Å². The average Bonchev–Trinajstić information content (AvgIpc) is 2.03. The minimum Gasteiger partial charge on any atom is -0.0840 e. The Morgan fingerprint density at radius 1 is 1.20 bits per heavy atom. The lowest BCUT2D eigenvalue weighted by Crippen LogP contribution is -2.14. The molecule has 1 saturated carbocycles. The normalized spacial score (nSPS) is 17.6. The largest absolute Gasteiger partial charge is 0.0840 e. The highest BCUT2D eigenvalue weighted by Crippen LogP contribution is 2.41. The van der Waals surface area contributed by atoms with E-state index in [-0.39, 0.29) is 5.41 Å². The summed E-state index contributed by atoms with van der Waals surface area (Å²) in [6, 6.07) is 6.53. The highest BCUT2D eigenvalue weighted by Gasteiger charge is 2.23. The summed E-state index contributed by atoms with van der Waals surface area (Å²) in [5, 5.41) is 0.952. The minimum atomic E-state index is 0.225. The van der Waals surface area contributed by atoms with E-state index in [0.717, 1.165) is 10.9 Å². The van der Waals surface area contributed by atoms with Crippen LogP contribution < -0.4 is 0 Å². The fourth-order valence-corrected chi connectivity index (χ4v) is 2.31. The summed E-state index contributed by atoms with van der Waals surface area (Å²) in [4.78, 5) is 0. The zero-order chi connectivity index (χ0) is 11.1. The number of benzene rings is 1. The summed E-state index contributed by atoms with van der Waals surface area (Å²) in [5.41, 5.74) is 2.99. The molecule has 0 heterocycles. The maximum absolute atomic E-state index is 6.25. The monoisotopic (exact) mass is 222 g/mol. The summed E-state index contributed by atoms with van der Waals surface area (Å²) in [6.45, 7) is 6.75. The van der Waals surface area contributed by atoms with Crippen LogP contribution in [0.1, 0.15) is 57.1 Å². The van der Waals surface area contributed by atoms with Crippen molar-refractivity contribution in [1.82, 2.24) is 0 Å². The Morgan fingerprint density at radius 2 is 1.87 bits per heavy atom. The van der Waals surface area contributed by atoms with E-state index in [4.69, 9.17) is 11.6 Å². The van der Waals surface area contributed by atoms with Crippen LogP contribution in [0.2, 0.25) is 5.02 Å². The van der Waals surface area contributed by atoms with Gasteiger partial charge in [0, 0.05) is 5.02 Å². The molecule has 0 saturated heterocycles. The molecule has 0 bridgehead atoms. The first kappa shape index (κ1) is 11.0. The van der Waals surface area contributed by atoms with E-state index in [1.807, 2.05) is 0 Å². The highest BCUT2D eigenvalue weighted by atomic mass is 35.5. The van der Waals surface area contributed by atoms with Gasteiger partial charge in [0.15, 0.2) is 0 Å². The first-order chi connectivity index (χ1) is 6.98. The second-order valence-corrected chi connectivity index (χ2v) is 6.02. The molecule has 0 N–H and O–H groups in total. The van der Waals surface area contributed by atoms with Crippen LogP contribution in [0, 0.1) is 0 Å². The Kier molecular flexibility index (Phi) is 2.81. The molecule has 82 valence electrons.